The number of ketones is 1. The van der Waals surface area contributed by atoms with Crippen molar-refractivity contribution in [1.29, 1.82) is 5.26 Å². The van der Waals surface area contributed by atoms with E-state index < -0.39 is 23.4 Å². The molecule has 1 N–H and O–H groups in total. The van der Waals surface area contributed by atoms with Gasteiger partial charge in [0.25, 0.3) is 0 Å². The lowest BCUT2D eigenvalue weighted by Gasteiger charge is -2.10. The second-order valence-corrected chi connectivity index (χ2v) is 5.04. The summed E-state index contributed by atoms with van der Waals surface area (Å²) in [6.45, 7) is 0. The van der Waals surface area contributed by atoms with Crippen LogP contribution in [0.4, 0.5) is 13.2 Å². The van der Waals surface area contributed by atoms with E-state index in [-0.39, 0.29) is 11.3 Å². The minimum Gasteiger partial charge on any atom is -0.292 e. The standard InChI is InChI=1S/C16H9F3N4O/c17-16(18,19)10-4-5-13(21-8-10)12(6-20)15(24)11-3-1-2-9-7-22-23-14(9)11/h1-5,7-8,12H,(H,22,23)/t12-/m0/s1. The minimum absolute atomic E-state index is 0.0352. The Kier molecular flexibility index (Phi) is 3.77. The molecule has 0 saturated carbocycles. The van der Waals surface area contributed by atoms with E-state index in [9.17, 15) is 23.2 Å². The number of aromatic nitrogens is 3. The number of hydrogen-bond donors (Lipinski definition) is 1. The van der Waals surface area contributed by atoms with Gasteiger partial charge in [0.2, 0.25) is 0 Å². The summed E-state index contributed by atoms with van der Waals surface area (Å²) >= 11 is 0. The molecule has 0 aliphatic carbocycles. The highest BCUT2D eigenvalue weighted by molar-refractivity contribution is 6.10. The second-order valence-electron chi connectivity index (χ2n) is 5.04. The maximum Gasteiger partial charge on any atom is 0.417 e. The Balaban J connectivity index is 1.99. The molecule has 2 heterocycles. The number of fused-ring (bicyclic) bond motifs is 1. The third-order valence-corrected chi connectivity index (χ3v) is 3.54. The maximum absolute atomic E-state index is 12.6. The number of H-pyrrole nitrogens is 1. The first-order chi connectivity index (χ1) is 11.4. The molecule has 0 amide bonds. The molecule has 0 unspecified atom stereocenters. The van der Waals surface area contributed by atoms with Gasteiger partial charge in [-0.25, -0.2) is 0 Å². The Morgan fingerprint density at radius 3 is 2.62 bits per heavy atom. The van der Waals surface area contributed by atoms with Gasteiger partial charge in [0.1, 0.15) is 0 Å². The van der Waals surface area contributed by atoms with Crippen molar-refractivity contribution in [2.75, 3.05) is 0 Å². The zero-order chi connectivity index (χ0) is 17.3. The van der Waals surface area contributed by atoms with Gasteiger partial charge in [-0.1, -0.05) is 12.1 Å². The third-order valence-electron chi connectivity index (χ3n) is 3.54. The van der Waals surface area contributed by atoms with E-state index in [1.54, 1.807) is 18.2 Å². The Morgan fingerprint density at radius 1 is 1.21 bits per heavy atom. The van der Waals surface area contributed by atoms with Crippen LogP contribution in [-0.2, 0) is 6.18 Å². The molecule has 0 aliphatic heterocycles. The lowest BCUT2D eigenvalue weighted by Crippen LogP contribution is -2.14. The van der Waals surface area contributed by atoms with Crippen LogP contribution in [0, 0.1) is 11.3 Å². The molecule has 1 atom stereocenters. The average molecular weight is 330 g/mol. The number of carbonyl (C=O) groups excluding carboxylic acids is 1. The summed E-state index contributed by atoms with van der Waals surface area (Å²) in [5, 5.41) is 16.5. The highest BCUT2D eigenvalue weighted by Gasteiger charge is 2.32. The molecule has 120 valence electrons. The molecular weight excluding hydrogens is 321 g/mol. The van der Waals surface area contributed by atoms with Crippen LogP contribution in [0.2, 0.25) is 0 Å². The molecule has 0 spiro atoms. The lowest BCUT2D eigenvalue weighted by atomic mass is 9.94. The number of hydrogen-bond acceptors (Lipinski definition) is 4. The van der Waals surface area contributed by atoms with Crippen LogP contribution in [-0.4, -0.2) is 21.0 Å². The van der Waals surface area contributed by atoms with Crippen LogP contribution < -0.4 is 0 Å². The van der Waals surface area contributed by atoms with Crippen LogP contribution in [0.5, 0.6) is 0 Å². The van der Waals surface area contributed by atoms with Gasteiger partial charge in [-0.2, -0.15) is 23.5 Å². The monoisotopic (exact) mass is 330 g/mol. The van der Waals surface area contributed by atoms with Gasteiger partial charge >= 0.3 is 6.18 Å². The van der Waals surface area contributed by atoms with Gasteiger partial charge in [0.15, 0.2) is 11.7 Å². The van der Waals surface area contributed by atoms with Gasteiger partial charge in [-0.05, 0) is 18.2 Å². The molecule has 0 saturated heterocycles. The topological polar surface area (TPSA) is 82.4 Å². The minimum atomic E-state index is -4.53. The first-order valence-corrected chi connectivity index (χ1v) is 6.81. The first kappa shape index (κ1) is 15.7. The number of carbonyl (C=O) groups is 1. The van der Waals surface area contributed by atoms with Crippen LogP contribution in [0.15, 0.2) is 42.7 Å². The number of aromatic amines is 1. The van der Waals surface area contributed by atoms with Crippen molar-refractivity contribution >= 4 is 16.7 Å². The van der Waals surface area contributed by atoms with Gasteiger partial charge in [-0.3, -0.25) is 14.9 Å². The van der Waals surface area contributed by atoms with Crippen LogP contribution in [0.3, 0.4) is 0 Å². The van der Waals surface area contributed by atoms with Crippen molar-refractivity contribution < 1.29 is 18.0 Å². The van der Waals surface area contributed by atoms with E-state index >= 15 is 0 Å². The molecule has 3 rings (SSSR count). The Bertz CT molecular complexity index is 938. The van der Waals surface area contributed by atoms with Crippen LogP contribution in [0.25, 0.3) is 10.9 Å². The number of nitriles is 1. The van der Waals surface area contributed by atoms with E-state index in [0.29, 0.717) is 17.1 Å². The largest absolute Gasteiger partial charge is 0.417 e. The van der Waals surface area contributed by atoms with Crippen molar-refractivity contribution in [1.82, 2.24) is 15.2 Å². The molecule has 0 radical (unpaired) electrons. The zero-order valence-electron chi connectivity index (χ0n) is 12.0. The van der Waals surface area contributed by atoms with Crippen molar-refractivity contribution in [3.8, 4) is 6.07 Å². The summed E-state index contributed by atoms with van der Waals surface area (Å²) in [4.78, 5) is 16.3. The smallest absolute Gasteiger partial charge is 0.292 e. The zero-order valence-corrected chi connectivity index (χ0v) is 12.0. The van der Waals surface area contributed by atoms with Crippen molar-refractivity contribution in [2.24, 2.45) is 0 Å². The summed E-state index contributed by atoms with van der Waals surface area (Å²) in [6.07, 6.45) is -2.38. The molecular formula is C16H9F3N4O. The molecule has 3 aromatic rings. The normalized spacial score (nSPS) is 12.8. The number of nitrogens with zero attached hydrogens (tertiary/aromatic N) is 3. The number of halogens is 3. The molecule has 0 aliphatic rings. The Labute approximate surface area is 133 Å². The van der Waals surface area contributed by atoms with Crippen LogP contribution in [0.1, 0.15) is 27.5 Å². The maximum atomic E-state index is 12.6. The van der Waals surface area contributed by atoms with Gasteiger partial charge in [0.05, 0.1) is 29.0 Å². The Hall–Kier alpha value is -3.21. The molecule has 0 fully saturated rings. The summed E-state index contributed by atoms with van der Waals surface area (Å²) in [5.41, 5.74) is -0.272. The molecule has 24 heavy (non-hydrogen) atoms. The number of alkyl halides is 3. The number of pyridine rings is 1. The quantitative estimate of drug-likeness (QED) is 0.746. The highest BCUT2D eigenvalue weighted by Crippen LogP contribution is 2.30. The number of rotatable bonds is 3. The van der Waals surface area contributed by atoms with Crippen LogP contribution >= 0.6 is 0 Å². The molecule has 0 bridgehead atoms. The second kappa shape index (κ2) is 5.77. The lowest BCUT2D eigenvalue weighted by molar-refractivity contribution is -0.137. The summed E-state index contributed by atoms with van der Waals surface area (Å²) in [5.74, 6) is -1.86. The van der Waals surface area contributed by atoms with E-state index in [0.717, 1.165) is 12.1 Å². The predicted molar refractivity (Wildman–Crippen MR) is 78.0 cm³/mol. The summed E-state index contributed by atoms with van der Waals surface area (Å²) < 4.78 is 37.7. The SMILES string of the molecule is N#C[C@H](C(=O)c1cccc2cn[nH]c12)c1ccc(C(F)(F)F)cn1. The number of benzene rings is 1. The average Bonchev–Trinajstić information content (AvgIpc) is 3.03. The van der Waals surface area contributed by atoms with Crippen molar-refractivity contribution in [3.05, 3.63) is 59.5 Å². The van der Waals surface area contributed by atoms with Crippen molar-refractivity contribution in [2.45, 2.75) is 12.1 Å². The summed E-state index contributed by atoms with van der Waals surface area (Å²) in [7, 11) is 0. The molecule has 1 aromatic carbocycles. The highest BCUT2D eigenvalue weighted by atomic mass is 19.4. The first-order valence-electron chi connectivity index (χ1n) is 6.81. The van der Waals surface area contributed by atoms with Gasteiger partial charge < -0.3 is 0 Å². The molecule has 2 aromatic heterocycles. The fourth-order valence-electron chi connectivity index (χ4n) is 2.33. The van der Waals surface area contributed by atoms with E-state index in [1.807, 2.05) is 0 Å². The van der Waals surface area contributed by atoms with Gasteiger partial charge in [0, 0.05) is 17.1 Å². The van der Waals surface area contributed by atoms with E-state index in [2.05, 4.69) is 15.2 Å². The third kappa shape index (κ3) is 2.72. The number of para-hydroxylation sites is 1. The fraction of sp³-hybridized carbons (Fsp3) is 0.125. The number of Topliss-reactive ketones (excluding diaryl/α,β-unsaturated/α-hetero) is 1. The van der Waals surface area contributed by atoms with Crippen molar-refractivity contribution in [3.63, 3.8) is 0 Å². The predicted octanol–water partition coefficient (Wildman–Crippen LogP) is 3.47. The molecule has 5 nitrogen and oxygen atoms in total. The Morgan fingerprint density at radius 2 is 2.00 bits per heavy atom. The van der Waals surface area contributed by atoms with E-state index in [1.165, 1.54) is 12.3 Å². The van der Waals surface area contributed by atoms with Gasteiger partial charge in [-0.15, -0.1) is 0 Å². The number of nitrogens with one attached hydrogen (secondary N) is 1. The fourth-order valence-corrected chi connectivity index (χ4v) is 2.33. The molecule has 8 heteroatoms. The summed E-state index contributed by atoms with van der Waals surface area (Å²) in [6, 6.07) is 8.56. The van der Waals surface area contributed by atoms with E-state index in [4.69, 9.17) is 0 Å².